The Kier molecular flexibility index (Phi) is 3.61. The molecule has 1 amide bonds. The summed E-state index contributed by atoms with van der Waals surface area (Å²) in [4.78, 5) is 24.3. The van der Waals surface area contributed by atoms with Crippen molar-refractivity contribution in [3.05, 3.63) is 17.5 Å². The van der Waals surface area contributed by atoms with Crippen molar-refractivity contribution >= 4 is 11.9 Å². The molecule has 1 aliphatic rings. The molecule has 1 N–H and O–H groups in total. The summed E-state index contributed by atoms with van der Waals surface area (Å²) in [5.41, 5.74) is 0.0153. The van der Waals surface area contributed by atoms with Crippen LogP contribution in [0.15, 0.2) is 10.6 Å². The van der Waals surface area contributed by atoms with Crippen LogP contribution in [0.2, 0.25) is 0 Å². The van der Waals surface area contributed by atoms with E-state index in [-0.39, 0.29) is 23.5 Å². The number of nitrogens with zero attached hydrogens (tertiary/aromatic N) is 2. The first kappa shape index (κ1) is 12.6. The fourth-order valence-corrected chi connectivity index (χ4v) is 1.82. The Labute approximate surface area is 103 Å². The average Bonchev–Trinajstić information content (AvgIpc) is 2.72. The molecule has 1 atom stereocenters. The number of carbonyl (C=O) groups excluding carboxylic acids is 1. The van der Waals surface area contributed by atoms with Gasteiger partial charge in [0.15, 0.2) is 5.69 Å². The quantitative estimate of drug-likeness (QED) is 0.831. The molecule has 1 aromatic heterocycles. The van der Waals surface area contributed by atoms with Crippen molar-refractivity contribution in [1.82, 2.24) is 10.1 Å². The van der Waals surface area contributed by atoms with Gasteiger partial charge >= 0.3 is 5.97 Å². The fourth-order valence-electron chi connectivity index (χ4n) is 1.82. The SMILES string of the molecule is CC1CN(C(=O)c2cc(C(=O)O)on2)CCCO1. The Morgan fingerprint density at radius 3 is 3.00 bits per heavy atom. The van der Waals surface area contributed by atoms with E-state index >= 15 is 0 Å². The third-order valence-corrected chi connectivity index (χ3v) is 2.68. The summed E-state index contributed by atoms with van der Waals surface area (Å²) in [5, 5.41) is 12.2. The van der Waals surface area contributed by atoms with Gasteiger partial charge in [-0.2, -0.15) is 0 Å². The maximum atomic E-state index is 12.1. The Balaban J connectivity index is 2.11. The van der Waals surface area contributed by atoms with Crippen LogP contribution in [0, 0.1) is 0 Å². The van der Waals surface area contributed by atoms with Gasteiger partial charge in [-0.05, 0) is 13.3 Å². The lowest BCUT2D eigenvalue weighted by Gasteiger charge is -2.20. The van der Waals surface area contributed by atoms with Crippen LogP contribution in [0.1, 0.15) is 34.4 Å². The topological polar surface area (TPSA) is 92.9 Å². The summed E-state index contributed by atoms with van der Waals surface area (Å²) in [6.45, 7) is 3.54. The van der Waals surface area contributed by atoms with Crippen LogP contribution in [0.3, 0.4) is 0 Å². The standard InChI is InChI=1S/C11H14N2O5/c1-7-6-13(3-2-4-17-7)10(14)8-5-9(11(15)16)18-12-8/h5,7H,2-4,6H2,1H3,(H,15,16). The average molecular weight is 254 g/mol. The number of rotatable bonds is 2. The van der Waals surface area contributed by atoms with Gasteiger partial charge in [-0.15, -0.1) is 0 Å². The number of carboxylic acids is 1. The maximum absolute atomic E-state index is 12.1. The molecule has 18 heavy (non-hydrogen) atoms. The van der Waals surface area contributed by atoms with Crippen molar-refractivity contribution in [3.8, 4) is 0 Å². The van der Waals surface area contributed by atoms with Crippen LogP contribution in [0.5, 0.6) is 0 Å². The van der Waals surface area contributed by atoms with Crippen molar-refractivity contribution in [2.45, 2.75) is 19.4 Å². The second-order valence-corrected chi connectivity index (χ2v) is 4.17. The van der Waals surface area contributed by atoms with E-state index < -0.39 is 5.97 Å². The van der Waals surface area contributed by atoms with Crippen LogP contribution in [0.4, 0.5) is 0 Å². The molecule has 98 valence electrons. The summed E-state index contributed by atoms with van der Waals surface area (Å²) in [6.07, 6.45) is 0.710. The Hall–Kier alpha value is -1.89. The Morgan fingerprint density at radius 1 is 1.56 bits per heavy atom. The van der Waals surface area contributed by atoms with Gasteiger partial charge in [-0.3, -0.25) is 4.79 Å². The molecule has 0 aromatic carbocycles. The van der Waals surface area contributed by atoms with Gasteiger partial charge in [-0.1, -0.05) is 5.16 Å². The van der Waals surface area contributed by atoms with Gasteiger partial charge in [0, 0.05) is 25.8 Å². The largest absolute Gasteiger partial charge is 0.475 e. The van der Waals surface area contributed by atoms with Crippen molar-refractivity contribution < 1.29 is 24.0 Å². The molecule has 0 radical (unpaired) electrons. The summed E-state index contributed by atoms with van der Waals surface area (Å²) in [7, 11) is 0. The van der Waals surface area contributed by atoms with Gasteiger partial charge in [0.1, 0.15) is 0 Å². The molecular weight excluding hydrogens is 240 g/mol. The zero-order valence-corrected chi connectivity index (χ0v) is 9.96. The normalized spacial score (nSPS) is 20.5. The highest BCUT2D eigenvalue weighted by atomic mass is 16.5. The Morgan fingerprint density at radius 2 is 2.33 bits per heavy atom. The second-order valence-electron chi connectivity index (χ2n) is 4.17. The van der Waals surface area contributed by atoms with Gasteiger partial charge in [0.2, 0.25) is 5.76 Å². The van der Waals surface area contributed by atoms with E-state index in [1.54, 1.807) is 4.90 Å². The van der Waals surface area contributed by atoms with Crippen LogP contribution >= 0.6 is 0 Å². The minimum Gasteiger partial charge on any atom is -0.475 e. The Bertz CT molecular complexity index is 456. The molecule has 1 aromatic rings. The molecule has 0 aliphatic carbocycles. The number of carboxylic acid groups (broad SMARTS) is 1. The molecule has 7 heteroatoms. The predicted octanol–water partition coefficient (Wildman–Crippen LogP) is 0.624. The molecule has 2 rings (SSSR count). The van der Waals surface area contributed by atoms with Crippen molar-refractivity contribution in [1.29, 1.82) is 0 Å². The van der Waals surface area contributed by atoms with Crippen LogP contribution in [-0.2, 0) is 4.74 Å². The molecule has 1 saturated heterocycles. The van der Waals surface area contributed by atoms with E-state index in [0.29, 0.717) is 19.7 Å². The van der Waals surface area contributed by atoms with E-state index in [4.69, 9.17) is 9.84 Å². The third kappa shape index (κ3) is 2.67. The van der Waals surface area contributed by atoms with E-state index in [9.17, 15) is 9.59 Å². The number of aromatic carboxylic acids is 1. The highest BCUT2D eigenvalue weighted by molar-refractivity contribution is 5.94. The van der Waals surface area contributed by atoms with Gasteiger partial charge in [-0.25, -0.2) is 4.79 Å². The second kappa shape index (κ2) is 5.18. The molecule has 1 aliphatic heterocycles. The first-order valence-corrected chi connectivity index (χ1v) is 5.69. The fraction of sp³-hybridized carbons (Fsp3) is 0.545. The summed E-state index contributed by atoms with van der Waals surface area (Å²) < 4.78 is 10.00. The lowest BCUT2D eigenvalue weighted by atomic mass is 10.3. The molecule has 0 bridgehead atoms. The van der Waals surface area contributed by atoms with Crippen LogP contribution in [-0.4, -0.2) is 52.8 Å². The van der Waals surface area contributed by atoms with Crippen LogP contribution < -0.4 is 0 Å². The molecule has 2 heterocycles. The highest BCUT2D eigenvalue weighted by Crippen LogP contribution is 2.11. The van der Waals surface area contributed by atoms with E-state index in [2.05, 4.69) is 9.68 Å². The van der Waals surface area contributed by atoms with Crippen molar-refractivity contribution in [2.24, 2.45) is 0 Å². The van der Waals surface area contributed by atoms with E-state index in [1.807, 2.05) is 6.92 Å². The first-order valence-electron chi connectivity index (χ1n) is 5.69. The molecule has 0 spiro atoms. The van der Waals surface area contributed by atoms with Crippen molar-refractivity contribution in [2.75, 3.05) is 19.7 Å². The molecular formula is C11H14N2O5. The smallest absolute Gasteiger partial charge is 0.374 e. The minimum atomic E-state index is -1.24. The predicted molar refractivity (Wildman–Crippen MR) is 59.4 cm³/mol. The molecule has 0 saturated carbocycles. The lowest BCUT2D eigenvalue weighted by molar-refractivity contribution is 0.0556. The number of ether oxygens (including phenoxy) is 1. The number of aromatic nitrogens is 1. The molecule has 1 unspecified atom stereocenters. The first-order chi connectivity index (χ1) is 8.58. The zero-order valence-electron chi connectivity index (χ0n) is 9.96. The number of hydrogen-bond donors (Lipinski definition) is 1. The maximum Gasteiger partial charge on any atom is 0.374 e. The monoisotopic (exact) mass is 254 g/mol. The molecule has 1 fully saturated rings. The summed E-state index contributed by atoms with van der Waals surface area (Å²) in [5.74, 6) is -1.91. The minimum absolute atomic E-state index is 0.0153. The van der Waals surface area contributed by atoms with E-state index in [0.717, 1.165) is 12.5 Å². The van der Waals surface area contributed by atoms with Gasteiger partial charge in [0.05, 0.1) is 6.10 Å². The van der Waals surface area contributed by atoms with Gasteiger partial charge in [0.25, 0.3) is 5.91 Å². The highest BCUT2D eigenvalue weighted by Gasteiger charge is 2.24. The number of hydrogen-bond acceptors (Lipinski definition) is 5. The van der Waals surface area contributed by atoms with E-state index in [1.165, 1.54) is 0 Å². The zero-order chi connectivity index (χ0) is 13.1. The van der Waals surface area contributed by atoms with Crippen molar-refractivity contribution in [3.63, 3.8) is 0 Å². The summed E-state index contributed by atoms with van der Waals surface area (Å²) in [6, 6.07) is 1.14. The molecule has 7 nitrogen and oxygen atoms in total. The third-order valence-electron chi connectivity index (χ3n) is 2.68. The lowest BCUT2D eigenvalue weighted by Crippen LogP contribution is -2.36. The van der Waals surface area contributed by atoms with Crippen LogP contribution in [0.25, 0.3) is 0 Å². The number of carbonyl (C=O) groups is 2. The van der Waals surface area contributed by atoms with Gasteiger partial charge < -0.3 is 19.3 Å². The number of amides is 1. The summed E-state index contributed by atoms with van der Waals surface area (Å²) >= 11 is 0.